The molecule has 0 N–H and O–H groups in total. The topological polar surface area (TPSA) is 78.9 Å². The van der Waals surface area contributed by atoms with Gasteiger partial charge in [0.2, 0.25) is 0 Å². The minimum Gasteiger partial charge on any atom is -0.462 e. The van der Waals surface area contributed by atoms with E-state index in [2.05, 4.69) is 179 Å². The lowest BCUT2D eigenvalue weighted by Crippen LogP contribution is -2.30. The number of hydrogen-bond donors (Lipinski definition) is 0. The summed E-state index contributed by atoms with van der Waals surface area (Å²) >= 11 is 0. The Hall–Kier alpha value is -4.97. The molecule has 0 spiro atoms. The zero-order chi connectivity index (χ0) is 52.9. The first-order valence-corrected chi connectivity index (χ1v) is 29.0. The molecule has 0 heterocycles. The molecule has 0 saturated heterocycles. The second-order valence-electron chi connectivity index (χ2n) is 18.4. The van der Waals surface area contributed by atoms with Crippen molar-refractivity contribution in [2.45, 2.75) is 232 Å². The average molecular weight is 1010 g/mol. The molecule has 0 aliphatic rings. The predicted molar refractivity (Wildman–Crippen MR) is 315 cm³/mol. The van der Waals surface area contributed by atoms with Crippen LogP contribution >= 0.6 is 0 Å². The van der Waals surface area contributed by atoms with Crippen LogP contribution in [0.1, 0.15) is 226 Å². The highest BCUT2D eigenvalue weighted by Gasteiger charge is 2.19. The van der Waals surface area contributed by atoms with Gasteiger partial charge >= 0.3 is 17.9 Å². The van der Waals surface area contributed by atoms with Crippen LogP contribution in [0, 0.1) is 0 Å². The first-order valence-electron chi connectivity index (χ1n) is 29.0. The van der Waals surface area contributed by atoms with Gasteiger partial charge in [-0.2, -0.15) is 0 Å². The fraction of sp³-hybridized carbons (Fsp3) is 0.567. The Morgan fingerprint density at radius 3 is 0.795 bits per heavy atom. The van der Waals surface area contributed by atoms with Crippen molar-refractivity contribution in [2.24, 2.45) is 0 Å². The van der Waals surface area contributed by atoms with E-state index < -0.39 is 6.10 Å². The third kappa shape index (κ3) is 57.8. The zero-order valence-corrected chi connectivity index (χ0v) is 46.6. The largest absolute Gasteiger partial charge is 0.462 e. The monoisotopic (exact) mass is 1000 g/mol. The Balaban J connectivity index is 4.48. The molecule has 1 atom stereocenters. The third-order valence-electron chi connectivity index (χ3n) is 11.5. The van der Waals surface area contributed by atoms with Gasteiger partial charge in [-0.15, -0.1) is 0 Å². The van der Waals surface area contributed by atoms with Gasteiger partial charge in [0.25, 0.3) is 0 Å². The molecular formula is C67H104O6. The molecule has 0 saturated carbocycles. The number of unbranched alkanes of at least 4 members (excludes halogenated alkanes) is 13. The molecule has 0 bridgehead atoms. The van der Waals surface area contributed by atoms with E-state index in [-0.39, 0.29) is 37.5 Å². The smallest absolute Gasteiger partial charge is 0.306 e. The second-order valence-corrected chi connectivity index (χ2v) is 18.4. The highest BCUT2D eigenvalue weighted by molar-refractivity contribution is 5.71. The summed E-state index contributed by atoms with van der Waals surface area (Å²) in [6.07, 6.45) is 86.6. The van der Waals surface area contributed by atoms with Crippen LogP contribution in [-0.2, 0) is 28.6 Å². The summed E-state index contributed by atoms with van der Waals surface area (Å²) in [5, 5.41) is 0. The van der Waals surface area contributed by atoms with Crippen molar-refractivity contribution < 1.29 is 28.6 Å². The molecular weight excluding hydrogens is 901 g/mol. The molecule has 0 rings (SSSR count). The Labute approximate surface area is 448 Å². The Morgan fingerprint density at radius 2 is 0.493 bits per heavy atom. The molecule has 0 amide bonds. The van der Waals surface area contributed by atoms with Crippen LogP contribution in [0.15, 0.2) is 158 Å². The van der Waals surface area contributed by atoms with Crippen molar-refractivity contribution in [3.63, 3.8) is 0 Å². The summed E-state index contributed by atoms with van der Waals surface area (Å²) in [7, 11) is 0. The first-order chi connectivity index (χ1) is 36.0. The summed E-state index contributed by atoms with van der Waals surface area (Å²) in [6, 6.07) is 0. The maximum Gasteiger partial charge on any atom is 0.306 e. The van der Waals surface area contributed by atoms with E-state index in [4.69, 9.17) is 14.2 Å². The second kappa shape index (κ2) is 59.6. The molecule has 0 aromatic heterocycles. The molecule has 0 aromatic carbocycles. The van der Waals surface area contributed by atoms with Gasteiger partial charge < -0.3 is 14.2 Å². The minimum atomic E-state index is -0.822. The molecule has 408 valence electrons. The first kappa shape index (κ1) is 68.0. The summed E-state index contributed by atoms with van der Waals surface area (Å²) in [5.74, 6) is -0.996. The summed E-state index contributed by atoms with van der Waals surface area (Å²) in [4.78, 5) is 38.2. The van der Waals surface area contributed by atoms with Crippen LogP contribution < -0.4 is 0 Å². The fourth-order valence-electron chi connectivity index (χ4n) is 7.27. The summed E-state index contributed by atoms with van der Waals surface area (Å²) in [6.45, 7) is 6.22. The Bertz CT molecular complexity index is 1670. The van der Waals surface area contributed by atoms with Crippen LogP contribution in [0.3, 0.4) is 0 Å². The Morgan fingerprint density at radius 1 is 0.274 bits per heavy atom. The number of carbonyl (C=O) groups is 3. The molecule has 6 nitrogen and oxygen atoms in total. The van der Waals surface area contributed by atoms with Crippen molar-refractivity contribution >= 4 is 17.9 Å². The van der Waals surface area contributed by atoms with Crippen LogP contribution in [0.4, 0.5) is 0 Å². The van der Waals surface area contributed by atoms with Crippen LogP contribution in [-0.4, -0.2) is 37.2 Å². The van der Waals surface area contributed by atoms with Gasteiger partial charge in [-0.1, -0.05) is 224 Å². The van der Waals surface area contributed by atoms with Crippen molar-refractivity contribution in [3.8, 4) is 0 Å². The summed E-state index contributed by atoms with van der Waals surface area (Å²) < 4.78 is 16.8. The van der Waals surface area contributed by atoms with Gasteiger partial charge in [-0.05, 0) is 141 Å². The van der Waals surface area contributed by atoms with E-state index in [1.54, 1.807) is 0 Å². The standard InChI is InChI=1S/C67H104O6/c1-4-7-10-13-16-19-22-25-28-29-30-31-32-33-34-35-36-37-40-42-45-48-51-54-57-60-66(69)72-63-64(73-67(70)61-58-55-52-49-46-43-39-27-24-21-18-15-12-9-6-3)62-71-65(68)59-56-53-50-47-44-41-38-26-23-20-17-14-11-8-5-2/h7-12,16-21,25-28,30-31,33-34,36-39,46,49,64H,4-6,13-15,22-24,29,32,35,40-45,47-48,50-63H2,1-3H3/b10-7-,11-8-,12-9-,19-16-,20-17-,21-18-,28-25-,31-30-,34-33-,37-36-,38-26-,39-27-,49-46-. The highest BCUT2D eigenvalue weighted by atomic mass is 16.6. The molecule has 0 aliphatic heterocycles. The number of hydrogen-bond acceptors (Lipinski definition) is 6. The minimum absolute atomic E-state index is 0.116. The van der Waals surface area contributed by atoms with Gasteiger partial charge in [0.1, 0.15) is 13.2 Å². The van der Waals surface area contributed by atoms with Crippen molar-refractivity contribution in [1.29, 1.82) is 0 Å². The maximum absolute atomic E-state index is 12.8. The SMILES string of the molecule is CC/C=C\C/C=C\C/C=C\C/C=C\C/C=C\C/C=C\CCCCCCCCC(=O)OCC(COC(=O)CCCCCCC/C=C\C/C=C\C/C=C\CC)OC(=O)CCCC/C=C\C/C=C\C/C=C\C/C=C\CC. The molecule has 6 heteroatoms. The quantitative estimate of drug-likeness (QED) is 0.0261. The molecule has 0 aliphatic carbocycles. The predicted octanol–water partition coefficient (Wildman–Crippen LogP) is 19.8. The lowest BCUT2D eigenvalue weighted by Gasteiger charge is -2.18. The fourth-order valence-corrected chi connectivity index (χ4v) is 7.27. The van der Waals surface area contributed by atoms with Gasteiger partial charge in [0, 0.05) is 19.3 Å². The lowest BCUT2D eigenvalue weighted by atomic mass is 10.1. The van der Waals surface area contributed by atoms with Crippen molar-refractivity contribution in [2.75, 3.05) is 13.2 Å². The normalized spacial score (nSPS) is 13.3. The molecule has 0 fully saturated rings. The van der Waals surface area contributed by atoms with E-state index in [0.717, 1.165) is 167 Å². The van der Waals surface area contributed by atoms with E-state index in [1.165, 1.54) is 12.8 Å². The van der Waals surface area contributed by atoms with Gasteiger partial charge in [0.15, 0.2) is 6.10 Å². The van der Waals surface area contributed by atoms with E-state index in [0.29, 0.717) is 19.3 Å². The van der Waals surface area contributed by atoms with E-state index in [1.807, 2.05) is 0 Å². The third-order valence-corrected chi connectivity index (χ3v) is 11.5. The van der Waals surface area contributed by atoms with Crippen LogP contribution in [0.5, 0.6) is 0 Å². The summed E-state index contributed by atoms with van der Waals surface area (Å²) in [5.41, 5.74) is 0. The maximum atomic E-state index is 12.8. The van der Waals surface area contributed by atoms with Crippen LogP contribution in [0.25, 0.3) is 0 Å². The van der Waals surface area contributed by atoms with Crippen LogP contribution in [0.2, 0.25) is 0 Å². The number of carbonyl (C=O) groups excluding carboxylic acids is 3. The molecule has 0 radical (unpaired) electrons. The molecule has 73 heavy (non-hydrogen) atoms. The lowest BCUT2D eigenvalue weighted by molar-refractivity contribution is -0.167. The van der Waals surface area contributed by atoms with Crippen molar-refractivity contribution in [1.82, 2.24) is 0 Å². The van der Waals surface area contributed by atoms with Crippen molar-refractivity contribution in [3.05, 3.63) is 158 Å². The van der Waals surface area contributed by atoms with Gasteiger partial charge in [0.05, 0.1) is 0 Å². The van der Waals surface area contributed by atoms with E-state index >= 15 is 0 Å². The average Bonchev–Trinajstić information content (AvgIpc) is 3.39. The van der Waals surface area contributed by atoms with Gasteiger partial charge in [-0.25, -0.2) is 0 Å². The zero-order valence-electron chi connectivity index (χ0n) is 46.6. The highest BCUT2D eigenvalue weighted by Crippen LogP contribution is 2.13. The van der Waals surface area contributed by atoms with Gasteiger partial charge in [-0.3, -0.25) is 14.4 Å². The number of esters is 3. The number of allylic oxidation sites excluding steroid dienone is 26. The number of ether oxygens (including phenoxy) is 3. The Kier molecular flexibility index (Phi) is 55.5. The molecule has 1 unspecified atom stereocenters. The van der Waals surface area contributed by atoms with E-state index in [9.17, 15) is 14.4 Å². The molecule has 0 aromatic rings. The number of rotatable bonds is 50.